The maximum Gasteiger partial charge on any atom is 0.268 e. The van der Waals surface area contributed by atoms with Crippen molar-refractivity contribution < 1.29 is 19.4 Å². The fraction of sp³-hybridized carbons (Fsp3) is 0.160. The van der Waals surface area contributed by atoms with Crippen LogP contribution in [0.5, 0.6) is 11.5 Å². The number of carbonyl (C=O) groups excluding carboxylic acids is 1. The van der Waals surface area contributed by atoms with Crippen LogP contribution in [0.2, 0.25) is 0 Å². The maximum absolute atomic E-state index is 13.6. The summed E-state index contributed by atoms with van der Waals surface area (Å²) >= 11 is 0. The number of nitrogens with zero attached hydrogens (tertiary/aromatic N) is 1. The van der Waals surface area contributed by atoms with Crippen LogP contribution in [-0.2, 0) is 10.4 Å². The van der Waals surface area contributed by atoms with Gasteiger partial charge in [0.05, 0.1) is 19.3 Å². The van der Waals surface area contributed by atoms with Gasteiger partial charge in [-0.05, 0) is 24.3 Å². The number of H-pyrrole nitrogens is 1. The molecule has 4 aromatic rings. The largest absolute Gasteiger partial charge is 0.493 e. The molecule has 6 nitrogen and oxygen atoms in total. The van der Waals surface area contributed by atoms with Gasteiger partial charge in [-0.1, -0.05) is 48.5 Å². The molecule has 1 aliphatic heterocycles. The predicted octanol–water partition coefficient (Wildman–Crippen LogP) is 3.84. The zero-order chi connectivity index (χ0) is 21.4. The predicted molar refractivity (Wildman–Crippen MR) is 119 cm³/mol. The van der Waals surface area contributed by atoms with Gasteiger partial charge in [-0.25, -0.2) is 0 Å². The summed E-state index contributed by atoms with van der Waals surface area (Å²) in [6, 6.07) is 22.4. The van der Waals surface area contributed by atoms with Gasteiger partial charge in [0.2, 0.25) is 0 Å². The first-order valence-corrected chi connectivity index (χ1v) is 10.1. The third-order valence-corrected chi connectivity index (χ3v) is 5.76. The lowest BCUT2D eigenvalue weighted by atomic mass is 9.87. The number of ether oxygens (including phenoxy) is 2. The number of aliphatic hydroxyl groups is 1. The highest BCUT2D eigenvalue weighted by Gasteiger charge is 2.51. The van der Waals surface area contributed by atoms with Crippen LogP contribution in [-0.4, -0.2) is 36.3 Å². The number of carbonyl (C=O) groups is 1. The number of hydrogen-bond donors (Lipinski definition) is 2. The number of aromatic nitrogens is 1. The summed E-state index contributed by atoms with van der Waals surface area (Å²) in [5, 5.41) is 12.6. The highest BCUT2D eigenvalue weighted by Crippen LogP contribution is 2.46. The molecule has 0 bridgehead atoms. The molecule has 0 fully saturated rings. The van der Waals surface area contributed by atoms with Crippen molar-refractivity contribution in [2.24, 2.45) is 0 Å². The van der Waals surface area contributed by atoms with E-state index in [0.29, 0.717) is 34.9 Å². The van der Waals surface area contributed by atoms with Crippen molar-refractivity contribution in [1.82, 2.24) is 4.98 Å². The second-order valence-electron chi connectivity index (χ2n) is 7.43. The van der Waals surface area contributed by atoms with Gasteiger partial charge in [-0.3, -0.25) is 4.79 Å². The van der Waals surface area contributed by atoms with Crippen LogP contribution in [0.25, 0.3) is 10.9 Å². The number of anilines is 1. The monoisotopic (exact) mass is 414 g/mol. The minimum atomic E-state index is -1.76. The molecule has 156 valence electrons. The number of amides is 1. The molecular formula is C25H22N2O4. The smallest absolute Gasteiger partial charge is 0.268 e. The number of hydrogen-bond acceptors (Lipinski definition) is 4. The van der Waals surface area contributed by atoms with E-state index >= 15 is 0 Å². The topological polar surface area (TPSA) is 74.8 Å². The van der Waals surface area contributed by atoms with Crippen LogP contribution >= 0.6 is 0 Å². The molecule has 0 spiro atoms. The number of methoxy groups -OCH3 is 1. The molecule has 0 saturated carbocycles. The van der Waals surface area contributed by atoms with E-state index in [2.05, 4.69) is 4.98 Å². The number of aromatic amines is 1. The Morgan fingerprint density at radius 2 is 1.65 bits per heavy atom. The molecular weight excluding hydrogens is 392 g/mol. The summed E-state index contributed by atoms with van der Waals surface area (Å²) in [5.74, 6) is 0.852. The van der Waals surface area contributed by atoms with E-state index in [9.17, 15) is 9.90 Å². The van der Waals surface area contributed by atoms with E-state index in [4.69, 9.17) is 9.47 Å². The summed E-state index contributed by atoms with van der Waals surface area (Å²) < 4.78 is 11.2. The van der Waals surface area contributed by atoms with E-state index in [1.807, 2.05) is 66.7 Å². The quantitative estimate of drug-likeness (QED) is 0.503. The summed E-state index contributed by atoms with van der Waals surface area (Å²) in [6.45, 7) is 0.545. The maximum atomic E-state index is 13.6. The van der Waals surface area contributed by atoms with Gasteiger partial charge in [0, 0.05) is 28.2 Å². The molecule has 2 N–H and O–H groups in total. The fourth-order valence-electron chi connectivity index (χ4n) is 4.27. The van der Waals surface area contributed by atoms with Crippen LogP contribution in [0.1, 0.15) is 11.1 Å². The Labute approximate surface area is 179 Å². The second kappa shape index (κ2) is 7.49. The van der Waals surface area contributed by atoms with Crippen LogP contribution in [0, 0.1) is 0 Å². The lowest BCUT2D eigenvalue weighted by molar-refractivity contribution is -0.132. The number of para-hydroxylation sites is 4. The number of benzene rings is 3. The van der Waals surface area contributed by atoms with Crippen molar-refractivity contribution in [2.45, 2.75) is 5.60 Å². The molecule has 0 saturated heterocycles. The third-order valence-electron chi connectivity index (χ3n) is 5.76. The number of fused-ring (bicyclic) bond motifs is 2. The molecule has 0 unspecified atom stereocenters. The Hall–Kier alpha value is -3.77. The van der Waals surface area contributed by atoms with Gasteiger partial charge >= 0.3 is 0 Å². The summed E-state index contributed by atoms with van der Waals surface area (Å²) in [6.07, 6.45) is 1.72. The van der Waals surface area contributed by atoms with Gasteiger partial charge in [0.15, 0.2) is 17.1 Å². The van der Waals surface area contributed by atoms with Crippen molar-refractivity contribution >= 4 is 22.5 Å². The molecule has 0 aliphatic carbocycles. The number of nitrogens with one attached hydrogen (secondary N) is 1. The molecule has 1 atom stereocenters. The summed E-state index contributed by atoms with van der Waals surface area (Å²) in [7, 11) is 1.59. The van der Waals surface area contributed by atoms with Gasteiger partial charge in [0.1, 0.15) is 6.61 Å². The summed E-state index contributed by atoms with van der Waals surface area (Å²) in [4.78, 5) is 18.3. The van der Waals surface area contributed by atoms with Crippen molar-refractivity contribution in [3.63, 3.8) is 0 Å². The average Bonchev–Trinajstić information content (AvgIpc) is 3.34. The minimum Gasteiger partial charge on any atom is -0.493 e. The lowest BCUT2D eigenvalue weighted by Crippen LogP contribution is -2.42. The van der Waals surface area contributed by atoms with E-state index in [1.165, 1.54) is 0 Å². The highest BCUT2D eigenvalue weighted by molar-refractivity contribution is 6.11. The van der Waals surface area contributed by atoms with Crippen LogP contribution in [0.15, 0.2) is 79.0 Å². The Balaban J connectivity index is 1.47. The van der Waals surface area contributed by atoms with Crippen LogP contribution < -0.4 is 14.4 Å². The molecule has 3 aromatic carbocycles. The van der Waals surface area contributed by atoms with Crippen LogP contribution in [0.3, 0.4) is 0 Å². The second-order valence-corrected chi connectivity index (χ2v) is 7.43. The molecule has 1 amide bonds. The molecule has 2 heterocycles. The standard InChI is InChI=1S/C25H22N2O4/c1-30-22-12-6-7-13-23(22)31-15-14-27-21-11-5-3-9-18(21)25(29,24(27)28)19-16-26-20-10-4-2-8-17(19)20/h2-13,16,26,29H,14-15H2,1H3/t25-/m0/s1. The normalized spacial score (nSPS) is 17.7. The first kappa shape index (κ1) is 19.2. The van der Waals surface area contributed by atoms with Crippen molar-refractivity contribution in [1.29, 1.82) is 0 Å². The minimum absolute atomic E-state index is 0.254. The van der Waals surface area contributed by atoms with Gasteiger partial charge < -0.3 is 24.5 Å². The zero-order valence-electron chi connectivity index (χ0n) is 17.0. The molecule has 1 aromatic heterocycles. The Kier molecular flexibility index (Phi) is 4.64. The van der Waals surface area contributed by atoms with Crippen molar-refractivity contribution in [3.05, 3.63) is 90.1 Å². The van der Waals surface area contributed by atoms with E-state index in [0.717, 1.165) is 10.9 Å². The van der Waals surface area contributed by atoms with Gasteiger partial charge in [0.25, 0.3) is 5.91 Å². The Morgan fingerprint density at radius 3 is 2.48 bits per heavy atom. The SMILES string of the molecule is COc1ccccc1OCCN1C(=O)[C@@](O)(c2c[nH]c3ccccc23)c2ccccc21. The average molecular weight is 414 g/mol. The molecule has 0 radical (unpaired) electrons. The van der Waals surface area contributed by atoms with Gasteiger partial charge in [-0.15, -0.1) is 0 Å². The van der Waals surface area contributed by atoms with Gasteiger partial charge in [-0.2, -0.15) is 0 Å². The van der Waals surface area contributed by atoms with Crippen LogP contribution in [0.4, 0.5) is 5.69 Å². The molecule has 6 heteroatoms. The number of rotatable bonds is 6. The molecule has 5 rings (SSSR count). The fourth-order valence-corrected chi connectivity index (χ4v) is 4.27. The van der Waals surface area contributed by atoms with E-state index in [1.54, 1.807) is 24.3 Å². The zero-order valence-corrected chi connectivity index (χ0v) is 17.0. The highest BCUT2D eigenvalue weighted by atomic mass is 16.5. The van der Waals surface area contributed by atoms with Crippen molar-refractivity contribution in [2.75, 3.05) is 25.2 Å². The molecule has 31 heavy (non-hydrogen) atoms. The first-order chi connectivity index (χ1) is 15.1. The van der Waals surface area contributed by atoms with E-state index in [-0.39, 0.29) is 12.5 Å². The summed E-state index contributed by atoms with van der Waals surface area (Å²) in [5.41, 5.74) is 0.912. The van der Waals surface area contributed by atoms with Crippen molar-refractivity contribution in [3.8, 4) is 11.5 Å². The Morgan fingerprint density at radius 1 is 0.935 bits per heavy atom. The third kappa shape index (κ3) is 2.95. The lowest BCUT2D eigenvalue weighted by Gasteiger charge is -2.23. The molecule has 1 aliphatic rings. The first-order valence-electron chi connectivity index (χ1n) is 10.1. The Bertz CT molecular complexity index is 1270. The van der Waals surface area contributed by atoms with E-state index < -0.39 is 5.60 Å².